The number of aryl methyl sites for hydroxylation is 1. The van der Waals surface area contributed by atoms with Gasteiger partial charge in [0, 0.05) is 18.2 Å². The minimum absolute atomic E-state index is 0.0706. The van der Waals surface area contributed by atoms with E-state index in [2.05, 4.69) is 4.98 Å². The monoisotopic (exact) mass is 172 g/mol. The highest BCUT2D eigenvalue weighted by molar-refractivity contribution is 7.09. The van der Waals surface area contributed by atoms with Crippen molar-refractivity contribution in [3.8, 4) is 0 Å². The van der Waals surface area contributed by atoms with Gasteiger partial charge in [0.25, 0.3) is 0 Å². The van der Waals surface area contributed by atoms with Crippen LogP contribution in [0.4, 0.5) is 0 Å². The summed E-state index contributed by atoms with van der Waals surface area (Å²) in [6.07, 6.45) is 0. The Bertz CT molecular complexity index is 224. The highest BCUT2D eigenvalue weighted by Crippen LogP contribution is 2.15. The summed E-state index contributed by atoms with van der Waals surface area (Å²) in [7, 11) is 1.64. The SMILES string of the molecule is COCC(N)c1nc(C)cs1. The highest BCUT2D eigenvalue weighted by Gasteiger charge is 2.08. The molecule has 0 fully saturated rings. The molecule has 0 radical (unpaired) electrons. The molecule has 4 heteroatoms. The van der Waals surface area contributed by atoms with E-state index in [1.165, 1.54) is 0 Å². The van der Waals surface area contributed by atoms with Crippen LogP contribution in [0.5, 0.6) is 0 Å². The van der Waals surface area contributed by atoms with Crippen LogP contribution in [-0.2, 0) is 4.74 Å². The van der Waals surface area contributed by atoms with Gasteiger partial charge in [-0.05, 0) is 6.92 Å². The van der Waals surface area contributed by atoms with Crippen molar-refractivity contribution in [2.24, 2.45) is 5.73 Å². The second kappa shape index (κ2) is 3.80. The molecule has 1 aromatic rings. The highest BCUT2D eigenvalue weighted by atomic mass is 32.1. The molecule has 0 saturated carbocycles. The van der Waals surface area contributed by atoms with E-state index in [0.717, 1.165) is 10.7 Å². The third-order valence-corrected chi connectivity index (χ3v) is 2.39. The summed E-state index contributed by atoms with van der Waals surface area (Å²) in [4.78, 5) is 4.24. The van der Waals surface area contributed by atoms with Crippen LogP contribution in [0, 0.1) is 6.92 Å². The predicted octanol–water partition coefficient (Wildman–Crippen LogP) is 1.10. The smallest absolute Gasteiger partial charge is 0.112 e. The van der Waals surface area contributed by atoms with Gasteiger partial charge < -0.3 is 10.5 Å². The van der Waals surface area contributed by atoms with Crippen molar-refractivity contribution in [1.29, 1.82) is 0 Å². The zero-order valence-electron chi connectivity index (χ0n) is 6.70. The normalized spacial score (nSPS) is 13.4. The number of hydrogen-bond donors (Lipinski definition) is 1. The first-order valence-corrected chi connectivity index (χ1v) is 4.28. The number of aromatic nitrogens is 1. The van der Waals surface area contributed by atoms with Crippen molar-refractivity contribution >= 4 is 11.3 Å². The van der Waals surface area contributed by atoms with E-state index in [-0.39, 0.29) is 6.04 Å². The molecular formula is C7H12N2OS. The largest absolute Gasteiger partial charge is 0.383 e. The maximum atomic E-state index is 5.74. The van der Waals surface area contributed by atoms with Crippen molar-refractivity contribution in [3.63, 3.8) is 0 Å². The van der Waals surface area contributed by atoms with Crippen LogP contribution in [0.25, 0.3) is 0 Å². The topological polar surface area (TPSA) is 48.1 Å². The molecule has 2 N–H and O–H groups in total. The lowest BCUT2D eigenvalue weighted by molar-refractivity contribution is 0.181. The Balaban J connectivity index is 2.60. The molecule has 3 nitrogen and oxygen atoms in total. The van der Waals surface area contributed by atoms with Gasteiger partial charge in [0.2, 0.25) is 0 Å². The quantitative estimate of drug-likeness (QED) is 0.742. The maximum absolute atomic E-state index is 5.74. The molecule has 1 unspecified atom stereocenters. The van der Waals surface area contributed by atoms with Crippen molar-refractivity contribution in [1.82, 2.24) is 4.98 Å². The van der Waals surface area contributed by atoms with Gasteiger partial charge in [-0.1, -0.05) is 0 Å². The molecule has 62 valence electrons. The minimum atomic E-state index is -0.0706. The zero-order chi connectivity index (χ0) is 8.27. The first-order valence-electron chi connectivity index (χ1n) is 3.40. The summed E-state index contributed by atoms with van der Waals surface area (Å²) < 4.78 is 4.91. The molecule has 0 bridgehead atoms. The third-order valence-electron chi connectivity index (χ3n) is 1.30. The van der Waals surface area contributed by atoms with Gasteiger partial charge in [0.1, 0.15) is 5.01 Å². The summed E-state index contributed by atoms with van der Waals surface area (Å²) in [5, 5.41) is 2.94. The van der Waals surface area contributed by atoms with Gasteiger partial charge >= 0.3 is 0 Å². The molecule has 1 aromatic heterocycles. The van der Waals surface area contributed by atoms with Gasteiger partial charge in [-0.15, -0.1) is 11.3 Å². The number of nitrogens with zero attached hydrogens (tertiary/aromatic N) is 1. The Morgan fingerprint density at radius 2 is 2.55 bits per heavy atom. The van der Waals surface area contributed by atoms with Crippen LogP contribution in [0.15, 0.2) is 5.38 Å². The van der Waals surface area contributed by atoms with Crippen molar-refractivity contribution in [3.05, 3.63) is 16.1 Å². The second-order valence-electron chi connectivity index (χ2n) is 2.39. The van der Waals surface area contributed by atoms with Crippen molar-refractivity contribution in [2.75, 3.05) is 13.7 Å². The van der Waals surface area contributed by atoms with E-state index in [1.54, 1.807) is 18.4 Å². The summed E-state index contributed by atoms with van der Waals surface area (Å²) in [5.41, 5.74) is 6.77. The Hall–Kier alpha value is -0.450. The standard InChI is InChI=1S/C7H12N2OS/c1-5-4-11-7(9-5)6(8)3-10-2/h4,6H,3,8H2,1-2H3. The molecule has 0 amide bonds. The summed E-state index contributed by atoms with van der Waals surface area (Å²) in [6.45, 7) is 2.49. The van der Waals surface area contributed by atoms with Crippen LogP contribution in [0.3, 0.4) is 0 Å². The van der Waals surface area contributed by atoms with Crippen molar-refractivity contribution < 1.29 is 4.74 Å². The first kappa shape index (κ1) is 8.64. The van der Waals surface area contributed by atoms with Gasteiger partial charge in [-0.3, -0.25) is 0 Å². The Morgan fingerprint density at radius 1 is 1.82 bits per heavy atom. The zero-order valence-corrected chi connectivity index (χ0v) is 7.52. The Morgan fingerprint density at radius 3 is 3.00 bits per heavy atom. The number of nitrogens with two attached hydrogens (primary N) is 1. The van der Waals surface area contributed by atoms with E-state index >= 15 is 0 Å². The van der Waals surface area contributed by atoms with E-state index < -0.39 is 0 Å². The molecule has 0 aliphatic heterocycles. The number of hydrogen-bond acceptors (Lipinski definition) is 4. The average Bonchev–Trinajstić information content (AvgIpc) is 2.36. The molecule has 0 aromatic carbocycles. The average molecular weight is 172 g/mol. The van der Waals surface area contributed by atoms with E-state index in [4.69, 9.17) is 10.5 Å². The van der Waals surface area contributed by atoms with E-state index in [9.17, 15) is 0 Å². The Kier molecular flexibility index (Phi) is 2.99. The lowest BCUT2D eigenvalue weighted by Gasteiger charge is -2.04. The number of ether oxygens (including phenoxy) is 1. The fourth-order valence-corrected chi connectivity index (χ4v) is 1.58. The van der Waals surface area contributed by atoms with Gasteiger partial charge in [0.15, 0.2) is 0 Å². The van der Waals surface area contributed by atoms with Crippen LogP contribution in [-0.4, -0.2) is 18.7 Å². The lowest BCUT2D eigenvalue weighted by atomic mass is 10.3. The van der Waals surface area contributed by atoms with Crippen molar-refractivity contribution in [2.45, 2.75) is 13.0 Å². The second-order valence-corrected chi connectivity index (χ2v) is 3.28. The minimum Gasteiger partial charge on any atom is -0.383 e. The predicted molar refractivity (Wildman–Crippen MR) is 45.7 cm³/mol. The first-order chi connectivity index (χ1) is 5.24. The molecule has 0 spiro atoms. The summed E-state index contributed by atoms with van der Waals surface area (Å²) >= 11 is 1.58. The molecule has 11 heavy (non-hydrogen) atoms. The van der Waals surface area contributed by atoms with E-state index in [1.807, 2.05) is 12.3 Å². The molecule has 0 aliphatic carbocycles. The molecule has 1 rings (SSSR count). The van der Waals surface area contributed by atoms with Gasteiger partial charge in [0.05, 0.1) is 12.6 Å². The summed E-state index contributed by atoms with van der Waals surface area (Å²) in [5.74, 6) is 0. The molecule has 0 saturated heterocycles. The van der Waals surface area contributed by atoms with Crippen LogP contribution in [0.2, 0.25) is 0 Å². The van der Waals surface area contributed by atoms with Gasteiger partial charge in [-0.25, -0.2) is 4.98 Å². The fraction of sp³-hybridized carbons (Fsp3) is 0.571. The van der Waals surface area contributed by atoms with Crippen LogP contribution < -0.4 is 5.73 Å². The summed E-state index contributed by atoms with van der Waals surface area (Å²) in [6, 6.07) is -0.0706. The molecule has 0 aliphatic rings. The van der Waals surface area contributed by atoms with Gasteiger partial charge in [-0.2, -0.15) is 0 Å². The third kappa shape index (κ3) is 2.25. The molecule has 1 heterocycles. The lowest BCUT2D eigenvalue weighted by Crippen LogP contribution is -2.15. The molecular weight excluding hydrogens is 160 g/mol. The van der Waals surface area contributed by atoms with Crippen LogP contribution >= 0.6 is 11.3 Å². The number of methoxy groups -OCH3 is 1. The maximum Gasteiger partial charge on any atom is 0.112 e. The number of thiazole rings is 1. The van der Waals surface area contributed by atoms with E-state index in [0.29, 0.717) is 6.61 Å². The number of rotatable bonds is 3. The molecule has 1 atom stereocenters. The fourth-order valence-electron chi connectivity index (χ4n) is 0.793. The Labute approximate surface area is 70.2 Å². The van der Waals surface area contributed by atoms with Crippen LogP contribution in [0.1, 0.15) is 16.7 Å².